The highest BCUT2D eigenvalue weighted by Gasteiger charge is 2.18. The van der Waals surface area contributed by atoms with Crippen LogP contribution in [0.4, 0.5) is 0 Å². The lowest BCUT2D eigenvalue weighted by molar-refractivity contribution is 0.173. The first-order chi connectivity index (χ1) is 10.2. The average Bonchev–Trinajstić information content (AvgIpc) is 2.52. The summed E-state index contributed by atoms with van der Waals surface area (Å²) in [6.45, 7) is 9.37. The van der Waals surface area contributed by atoms with E-state index in [9.17, 15) is 0 Å². The SMILES string of the molecule is COc1ccc(CCN(CC2CCCNC2)C(C)C)cc1. The van der Waals surface area contributed by atoms with E-state index in [2.05, 4.69) is 48.3 Å². The van der Waals surface area contributed by atoms with Crippen molar-refractivity contribution < 1.29 is 4.74 Å². The maximum atomic E-state index is 5.22. The molecule has 1 atom stereocenters. The molecule has 0 aromatic heterocycles. The van der Waals surface area contributed by atoms with Crippen LogP contribution >= 0.6 is 0 Å². The van der Waals surface area contributed by atoms with Crippen molar-refractivity contribution in [2.75, 3.05) is 33.3 Å². The van der Waals surface area contributed by atoms with Crippen LogP contribution in [0.5, 0.6) is 5.75 Å². The largest absolute Gasteiger partial charge is 0.497 e. The maximum absolute atomic E-state index is 5.22. The van der Waals surface area contributed by atoms with E-state index in [-0.39, 0.29) is 0 Å². The molecule has 3 heteroatoms. The third-order valence-corrected chi connectivity index (χ3v) is 4.47. The lowest BCUT2D eigenvalue weighted by atomic mass is 9.98. The van der Waals surface area contributed by atoms with Crippen LogP contribution in [0.25, 0.3) is 0 Å². The first-order valence-electron chi connectivity index (χ1n) is 8.26. The zero-order chi connectivity index (χ0) is 15.1. The Kier molecular flexibility index (Phi) is 6.52. The number of nitrogens with one attached hydrogen (secondary N) is 1. The van der Waals surface area contributed by atoms with Gasteiger partial charge in [-0.15, -0.1) is 0 Å². The number of rotatable bonds is 7. The molecule has 1 aliphatic heterocycles. The number of piperidine rings is 1. The van der Waals surface area contributed by atoms with E-state index in [4.69, 9.17) is 4.74 Å². The fourth-order valence-corrected chi connectivity index (χ4v) is 3.04. The second-order valence-electron chi connectivity index (χ2n) is 6.40. The van der Waals surface area contributed by atoms with Crippen molar-refractivity contribution >= 4 is 0 Å². The minimum atomic E-state index is 0.616. The molecule has 1 N–H and O–H groups in total. The lowest BCUT2D eigenvalue weighted by Gasteiger charge is -2.32. The predicted molar refractivity (Wildman–Crippen MR) is 89.0 cm³/mol. The van der Waals surface area contributed by atoms with E-state index in [1.807, 2.05) is 0 Å². The van der Waals surface area contributed by atoms with Crippen molar-refractivity contribution in [2.24, 2.45) is 5.92 Å². The smallest absolute Gasteiger partial charge is 0.118 e. The molecule has 0 radical (unpaired) electrons. The van der Waals surface area contributed by atoms with Gasteiger partial charge in [0.05, 0.1) is 7.11 Å². The third kappa shape index (κ3) is 5.33. The number of benzene rings is 1. The molecule has 0 bridgehead atoms. The van der Waals surface area contributed by atoms with Crippen LogP contribution in [0.15, 0.2) is 24.3 Å². The normalized spacial score (nSPS) is 19.2. The molecule has 1 aromatic rings. The summed E-state index contributed by atoms with van der Waals surface area (Å²) in [4.78, 5) is 2.63. The van der Waals surface area contributed by atoms with E-state index in [1.165, 1.54) is 38.0 Å². The Hall–Kier alpha value is -1.06. The third-order valence-electron chi connectivity index (χ3n) is 4.47. The Labute approximate surface area is 129 Å². The van der Waals surface area contributed by atoms with Gasteiger partial charge in [0.2, 0.25) is 0 Å². The van der Waals surface area contributed by atoms with Crippen molar-refractivity contribution in [3.05, 3.63) is 29.8 Å². The molecule has 0 saturated carbocycles. The highest BCUT2D eigenvalue weighted by Crippen LogP contribution is 2.16. The van der Waals surface area contributed by atoms with Crippen LogP contribution in [0.1, 0.15) is 32.3 Å². The molecule has 1 fully saturated rings. The zero-order valence-corrected chi connectivity index (χ0v) is 13.8. The van der Waals surface area contributed by atoms with Gasteiger partial charge in [-0.1, -0.05) is 12.1 Å². The van der Waals surface area contributed by atoms with E-state index >= 15 is 0 Å². The molecule has 2 rings (SSSR count). The van der Waals surface area contributed by atoms with E-state index in [1.54, 1.807) is 7.11 Å². The van der Waals surface area contributed by atoms with E-state index in [0.717, 1.165) is 24.6 Å². The minimum Gasteiger partial charge on any atom is -0.497 e. The van der Waals surface area contributed by atoms with Crippen molar-refractivity contribution in [1.29, 1.82) is 0 Å². The standard InChI is InChI=1S/C18H30N2O/c1-15(2)20(14-17-5-4-11-19-13-17)12-10-16-6-8-18(21-3)9-7-16/h6-9,15,17,19H,4-5,10-14H2,1-3H3. The first kappa shape index (κ1) is 16.3. The van der Waals surface area contributed by atoms with Crippen molar-refractivity contribution in [3.8, 4) is 5.75 Å². The molecule has 21 heavy (non-hydrogen) atoms. The Morgan fingerprint density at radius 1 is 1.29 bits per heavy atom. The number of nitrogens with zero attached hydrogens (tertiary/aromatic N) is 1. The summed E-state index contributed by atoms with van der Waals surface area (Å²) in [6.07, 6.45) is 3.82. The summed E-state index contributed by atoms with van der Waals surface area (Å²) in [7, 11) is 1.72. The fourth-order valence-electron chi connectivity index (χ4n) is 3.04. The van der Waals surface area contributed by atoms with Gasteiger partial charge < -0.3 is 15.0 Å². The summed E-state index contributed by atoms with van der Waals surface area (Å²) in [5.41, 5.74) is 1.39. The van der Waals surface area contributed by atoms with Crippen molar-refractivity contribution in [1.82, 2.24) is 10.2 Å². The van der Waals surface area contributed by atoms with Gasteiger partial charge in [-0.2, -0.15) is 0 Å². The summed E-state index contributed by atoms with van der Waals surface area (Å²) >= 11 is 0. The first-order valence-corrected chi connectivity index (χ1v) is 8.26. The topological polar surface area (TPSA) is 24.5 Å². The lowest BCUT2D eigenvalue weighted by Crippen LogP contribution is -2.42. The van der Waals surface area contributed by atoms with E-state index in [0.29, 0.717) is 6.04 Å². The summed E-state index contributed by atoms with van der Waals surface area (Å²) < 4.78 is 5.22. The van der Waals surface area contributed by atoms with Gasteiger partial charge in [-0.25, -0.2) is 0 Å². The van der Waals surface area contributed by atoms with Crippen LogP contribution in [0.3, 0.4) is 0 Å². The number of ether oxygens (including phenoxy) is 1. The number of hydrogen-bond acceptors (Lipinski definition) is 3. The molecule has 1 aromatic carbocycles. The van der Waals surface area contributed by atoms with Gasteiger partial charge in [0.1, 0.15) is 5.75 Å². The Morgan fingerprint density at radius 2 is 2.05 bits per heavy atom. The molecule has 0 amide bonds. The minimum absolute atomic E-state index is 0.616. The highest BCUT2D eigenvalue weighted by molar-refractivity contribution is 5.27. The van der Waals surface area contributed by atoms with Gasteiger partial charge in [-0.05, 0) is 69.8 Å². The molecule has 118 valence electrons. The number of hydrogen-bond donors (Lipinski definition) is 1. The second kappa shape index (κ2) is 8.40. The molecular formula is C18H30N2O. The molecule has 1 saturated heterocycles. The van der Waals surface area contributed by atoms with Gasteiger partial charge in [-0.3, -0.25) is 0 Å². The van der Waals surface area contributed by atoms with Gasteiger partial charge in [0.15, 0.2) is 0 Å². The van der Waals surface area contributed by atoms with Crippen LogP contribution in [-0.2, 0) is 6.42 Å². The molecule has 1 heterocycles. The Balaban J connectivity index is 1.83. The molecule has 0 aliphatic carbocycles. The maximum Gasteiger partial charge on any atom is 0.118 e. The molecular weight excluding hydrogens is 260 g/mol. The van der Waals surface area contributed by atoms with Crippen molar-refractivity contribution in [2.45, 2.75) is 39.2 Å². The Bertz CT molecular complexity index is 396. The second-order valence-corrected chi connectivity index (χ2v) is 6.40. The average molecular weight is 290 g/mol. The number of methoxy groups -OCH3 is 1. The fraction of sp³-hybridized carbons (Fsp3) is 0.667. The van der Waals surface area contributed by atoms with Crippen LogP contribution < -0.4 is 10.1 Å². The summed E-state index contributed by atoms with van der Waals surface area (Å²) in [5, 5.41) is 3.53. The van der Waals surface area contributed by atoms with Crippen LogP contribution in [0.2, 0.25) is 0 Å². The monoisotopic (exact) mass is 290 g/mol. The van der Waals surface area contributed by atoms with Gasteiger partial charge in [0.25, 0.3) is 0 Å². The van der Waals surface area contributed by atoms with E-state index < -0.39 is 0 Å². The molecule has 1 unspecified atom stereocenters. The van der Waals surface area contributed by atoms with Gasteiger partial charge >= 0.3 is 0 Å². The Morgan fingerprint density at radius 3 is 2.62 bits per heavy atom. The summed E-state index contributed by atoms with van der Waals surface area (Å²) in [5.74, 6) is 1.75. The van der Waals surface area contributed by atoms with Crippen LogP contribution in [0, 0.1) is 5.92 Å². The van der Waals surface area contributed by atoms with Crippen LogP contribution in [-0.4, -0.2) is 44.2 Å². The molecule has 1 aliphatic rings. The van der Waals surface area contributed by atoms with Crippen molar-refractivity contribution in [3.63, 3.8) is 0 Å². The quantitative estimate of drug-likeness (QED) is 0.835. The molecule has 0 spiro atoms. The molecule has 3 nitrogen and oxygen atoms in total. The zero-order valence-electron chi connectivity index (χ0n) is 13.8. The summed E-state index contributed by atoms with van der Waals surface area (Å²) in [6, 6.07) is 9.09. The highest BCUT2D eigenvalue weighted by atomic mass is 16.5. The predicted octanol–water partition coefficient (Wildman–Crippen LogP) is 2.95. The van der Waals surface area contributed by atoms with Gasteiger partial charge in [0, 0.05) is 19.1 Å².